The first-order valence-corrected chi connectivity index (χ1v) is 7.45. The lowest BCUT2D eigenvalue weighted by Gasteiger charge is -2.29. The Labute approximate surface area is 115 Å². The summed E-state index contributed by atoms with van der Waals surface area (Å²) in [5, 5.41) is 0. The fraction of sp³-hybridized carbons (Fsp3) is 0.368. The summed E-state index contributed by atoms with van der Waals surface area (Å²) in [5.74, 6) is 0. The Bertz CT molecular complexity index is 604. The molecule has 0 unspecified atom stereocenters. The first kappa shape index (κ1) is 11.3. The molecule has 1 fully saturated rings. The molecule has 2 aromatic rings. The highest BCUT2D eigenvalue weighted by Crippen LogP contribution is 2.58. The maximum absolute atomic E-state index is 2.33. The van der Waals surface area contributed by atoms with Crippen molar-refractivity contribution < 1.29 is 0 Å². The molecule has 0 radical (unpaired) electrons. The van der Waals surface area contributed by atoms with Crippen molar-refractivity contribution in [2.45, 2.75) is 44.9 Å². The van der Waals surface area contributed by atoms with Crippen LogP contribution in [-0.4, -0.2) is 0 Å². The lowest BCUT2D eigenvalue weighted by Crippen LogP contribution is -2.22. The van der Waals surface area contributed by atoms with E-state index in [0.717, 1.165) is 0 Å². The maximum atomic E-state index is 2.33. The number of rotatable bonds is 0. The van der Waals surface area contributed by atoms with Gasteiger partial charge in [-0.25, -0.2) is 0 Å². The molecule has 19 heavy (non-hydrogen) atoms. The molecule has 0 aliphatic heterocycles. The summed E-state index contributed by atoms with van der Waals surface area (Å²) in [5.41, 5.74) is 9.57. The van der Waals surface area contributed by atoms with Crippen LogP contribution in [0.25, 0.3) is 11.1 Å². The maximum Gasteiger partial charge on any atom is 0.0220 e. The van der Waals surface area contributed by atoms with Crippen LogP contribution in [0.3, 0.4) is 0 Å². The number of hydrogen-bond acceptors (Lipinski definition) is 0. The third kappa shape index (κ3) is 1.30. The van der Waals surface area contributed by atoms with Crippen LogP contribution < -0.4 is 0 Å². The Morgan fingerprint density at radius 1 is 0.737 bits per heavy atom. The fourth-order valence-electron chi connectivity index (χ4n) is 4.66. The first-order valence-electron chi connectivity index (χ1n) is 7.45. The standard InChI is InChI=1S/C19H20/c1-13-7-5-9-15-16-10-6-8-14(2)18(16)19(17(13)15)11-3-4-12-19/h5-10H,3-4,11-12H2,1-2H3. The van der Waals surface area contributed by atoms with Gasteiger partial charge in [0, 0.05) is 5.41 Å². The van der Waals surface area contributed by atoms with Gasteiger partial charge < -0.3 is 0 Å². The van der Waals surface area contributed by atoms with E-state index in [0.29, 0.717) is 5.41 Å². The molecule has 0 N–H and O–H groups in total. The molecule has 0 amide bonds. The lowest BCUT2D eigenvalue weighted by atomic mass is 9.74. The van der Waals surface area contributed by atoms with E-state index in [1.807, 2.05) is 0 Å². The third-order valence-corrected chi connectivity index (χ3v) is 5.25. The minimum absolute atomic E-state index is 0.335. The molecule has 96 valence electrons. The highest BCUT2D eigenvalue weighted by atomic mass is 14.5. The van der Waals surface area contributed by atoms with Crippen LogP contribution in [-0.2, 0) is 5.41 Å². The molecule has 4 rings (SSSR count). The number of benzene rings is 2. The zero-order valence-electron chi connectivity index (χ0n) is 11.8. The van der Waals surface area contributed by atoms with Gasteiger partial charge in [-0.2, -0.15) is 0 Å². The van der Waals surface area contributed by atoms with E-state index in [1.54, 1.807) is 11.1 Å². The Morgan fingerprint density at radius 3 is 1.68 bits per heavy atom. The normalized spacial score (nSPS) is 18.6. The summed E-state index contributed by atoms with van der Waals surface area (Å²) in [6.07, 6.45) is 5.43. The minimum atomic E-state index is 0.335. The van der Waals surface area contributed by atoms with Gasteiger partial charge in [0.25, 0.3) is 0 Å². The van der Waals surface area contributed by atoms with E-state index < -0.39 is 0 Å². The van der Waals surface area contributed by atoms with E-state index in [9.17, 15) is 0 Å². The number of fused-ring (bicyclic) bond motifs is 5. The van der Waals surface area contributed by atoms with Crippen molar-refractivity contribution in [3.8, 4) is 11.1 Å². The average Bonchev–Trinajstić information content (AvgIpc) is 2.98. The second-order valence-corrected chi connectivity index (χ2v) is 6.28. The predicted molar refractivity (Wildman–Crippen MR) is 80.6 cm³/mol. The van der Waals surface area contributed by atoms with Crippen molar-refractivity contribution in [3.63, 3.8) is 0 Å². The molecule has 2 aliphatic rings. The summed E-state index contributed by atoms with van der Waals surface area (Å²) >= 11 is 0. The Kier molecular flexibility index (Phi) is 2.21. The van der Waals surface area contributed by atoms with Crippen LogP contribution in [0, 0.1) is 13.8 Å². The molecular formula is C19H20. The largest absolute Gasteiger partial charge is 0.0614 e. The molecular weight excluding hydrogens is 228 g/mol. The second kappa shape index (κ2) is 3.72. The van der Waals surface area contributed by atoms with Crippen LogP contribution in [0.5, 0.6) is 0 Å². The highest BCUT2D eigenvalue weighted by Gasteiger charge is 2.46. The van der Waals surface area contributed by atoms with Crippen molar-refractivity contribution in [1.29, 1.82) is 0 Å². The fourth-order valence-corrected chi connectivity index (χ4v) is 4.66. The second-order valence-electron chi connectivity index (χ2n) is 6.28. The van der Waals surface area contributed by atoms with E-state index in [2.05, 4.69) is 50.2 Å². The van der Waals surface area contributed by atoms with Crippen molar-refractivity contribution >= 4 is 0 Å². The smallest absolute Gasteiger partial charge is 0.0220 e. The summed E-state index contributed by atoms with van der Waals surface area (Å²) < 4.78 is 0. The van der Waals surface area contributed by atoms with Gasteiger partial charge in [-0.15, -0.1) is 0 Å². The van der Waals surface area contributed by atoms with Crippen LogP contribution in [0.4, 0.5) is 0 Å². The average molecular weight is 248 g/mol. The van der Waals surface area contributed by atoms with Crippen molar-refractivity contribution in [1.82, 2.24) is 0 Å². The van der Waals surface area contributed by atoms with E-state index >= 15 is 0 Å². The molecule has 1 saturated carbocycles. The predicted octanol–water partition coefficient (Wildman–Crippen LogP) is 5.14. The number of hydrogen-bond donors (Lipinski definition) is 0. The number of aryl methyl sites for hydroxylation is 2. The van der Waals surface area contributed by atoms with Gasteiger partial charge in [-0.3, -0.25) is 0 Å². The van der Waals surface area contributed by atoms with Gasteiger partial charge >= 0.3 is 0 Å². The molecule has 0 heteroatoms. The van der Waals surface area contributed by atoms with Gasteiger partial charge in [0.2, 0.25) is 0 Å². The summed E-state index contributed by atoms with van der Waals surface area (Å²) in [4.78, 5) is 0. The molecule has 0 bridgehead atoms. The molecule has 1 spiro atoms. The van der Waals surface area contributed by atoms with E-state index in [4.69, 9.17) is 0 Å². The van der Waals surface area contributed by atoms with Gasteiger partial charge in [-0.05, 0) is 60.1 Å². The zero-order chi connectivity index (χ0) is 13.0. The molecule has 2 aliphatic carbocycles. The zero-order valence-corrected chi connectivity index (χ0v) is 11.8. The van der Waals surface area contributed by atoms with E-state index in [-0.39, 0.29) is 0 Å². The van der Waals surface area contributed by atoms with Crippen LogP contribution in [0.15, 0.2) is 36.4 Å². The first-order chi connectivity index (χ1) is 9.24. The van der Waals surface area contributed by atoms with Crippen LogP contribution >= 0.6 is 0 Å². The minimum Gasteiger partial charge on any atom is -0.0614 e. The van der Waals surface area contributed by atoms with Gasteiger partial charge in [0.1, 0.15) is 0 Å². The topological polar surface area (TPSA) is 0 Å². The van der Waals surface area contributed by atoms with Crippen molar-refractivity contribution in [2.75, 3.05) is 0 Å². The molecule has 0 atom stereocenters. The molecule has 0 heterocycles. The highest BCUT2D eigenvalue weighted by molar-refractivity contribution is 5.83. The SMILES string of the molecule is Cc1cccc2c1C1(CCCC1)c1c(C)cccc1-2. The molecule has 0 nitrogen and oxygen atoms in total. The van der Waals surface area contributed by atoms with Gasteiger partial charge in [-0.1, -0.05) is 49.2 Å². The van der Waals surface area contributed by atoms with Crippen molar-refractivity contribution in [3.05, 3.63) is 58.7 Å². The van der Waals surface area contributed by atoms with Crippen LogP contribution in [0.1, 0.15) is 47.9 Å². The third-order valence-electron chi connectivity index (χ3n) is 5.25. The Hall–Kier alpha value is -1.56. The summed E-state index contributed by atoms with van der Waals surface area (Å²) in [6, 6.07) is 13.7. The van der Waals surface area contributed by atoms with Gasteiger partial charge in [0.05, 0.1) is 0 Å². The monoisotopic (exact) mass is 248 g/mol. The quantitative estimate of drug-likeness (QED) is 0.605. The van der Waals surface area contributed by atoms with E-state index in [1.165, 1.54) is 47.9 Å². The molecule has 0 aromatic heterocycles. The van der Waals surface area contributed by atoms with Crippen LogP contribution in [0.2, 0.25) is 0 Å². The Balaban J connectivity index is 2.14. The Morgan fingerprint density at radius 2 is 1.21 bits per heavy atom. The van der Waals surface area contributed by atoms with Gasteiger partial charge in [0.15, 0.2) is 0 Å². The lowest BCUT2D eigenvalue weighted by molar-refractivity contribution is 0.544. The van der Waals surface area contributed by atoms with Crippen molar-refractivity contribution in [2.24, 2.45) is 0 Å². The summed E-state index contributed by atoms with van der Waals surface area (Å²) in [7, 11) is 0. The summed E-state index contributed by atoms with van der Waals surface area (Å²) in [6.45, 7) is 4.58. The molecule has 0 saturated heterocycles. The molecule has 2 aromatic carbocycles.